The van der Waals surface area contributed by atoms with Crippen LogP contribution in [0.25, 0.3) is 5.65 Å². The van der Waals surface area contributed by atoms with Crippen LogP contribution in [-0.4, -0.2) is 9.38 Å². The maximum atomic E-state index is 6.39. The molecule has 0 saturated carbocycles. The van der Waals surface area contributed by atoms with Crippen LogP contribution in [-0.2, 0) is 5.41 Å². The van der Waals surface area contributed by atoms with Crippen molar-refractivity contribution in [1.82, 2.24) is 9.38 Å². The fraction of sp³-hybridized carbons (Fsp3) is 0.562. The highest BCUT2D eigenvalue weighted by Gasteiger charge is 2.26. The van der Waals surface area contributed by atoms with E-state index < -0.39 is 0 Å². The lowest BCUT2D eigenvalue weighted by Crippen LogP contribution is -2.21. The molecule has 0 fully saturated rings. The third-order valence-electron chi connectivity index (χ3n) is 3.48. The Morgan fingerprint density at radius 2 is 2.05 bits per heavy atom. The first kappa shape index (κ1) is 14.1. The maximum Gasteiger partial charge on any atom is 0.137 e. The molecule has 0 bridgehead atoms. The van der Waals surface area contributed by atoms with Gasteiger partial charge in [-0.15, -0.1) is 0 Å². The molecular weight excluding hydrogens is 234 g/mol. The minimum atomic E-state index is 0.0145. The summed E-state index contributed by atoms with van der Waals surface area (Å²) in [4.78, 5) is 4.83. The number of imidazole rings is 1. The van der Waals surface area contributed by atoms with Crippen LogP contribution < -0.4 is 5.73 Å². The molecule has 0 aliphatic heterocycles. The largest absolute Gasteiger partial charge is 0.323 e. The molecule has 2 heterocycles. The van der Waals surface area contributed by atoms with Gasteiger partial charge in [-0.25, -0.2) is 4.98 Å². The van der Waals surface area contributed by atoms with Crippen molar-refractivity contribution < 1.29 is 0 Å². The zero-order valence-electron chi connectivity index (χ0n) is 12.7. The lowest BCUT2D eigenvalue weighted by atomic mass is 9.88. The average Bonchev–Trinajstić information content (AvgIpc) is 2.67. The maximum absolute atomic E-state index is 6.39. The second-order valence-corrected chi connectivity index (χ2v) is 6.42. The fourth-order valence-electron chi connectivity index (χ4n) is 2.52. The van der Waals surface area contributed by atoms with E-state index in [4.69, 9.17) is 10.7 Å². The van der Waals surface area contributed by atoms with E-state index >= 15 is 0 Å². The number of nitrogens with zero attached hydrogens (tertiary/aromatic N) is 2. The molecule has 1 atom stereocenters. The van der Waals surface area contributed by atoms with Crippen LogP contribution in [0.15, 0.2) is 18.3 Å². The minimum absolute atomic E-state index is 0.0145. The first-order chi connectivity index (χ1) is 8.84. The summed E-state index contributed by atoms with van der Waals surface area (Å²) >= 11 is 0. The summed E-state index contributed by atoms with van der Waals surface area (Å²) in [5, 5.41) is 0. The molecule has 2 aromatic rings. The molecule has 2 N–H and O–H groups in total. The van der Waals surface area contributed by atoms with Gasteiger partial charge < -0.3 is 10.1 Å². The quantitative estimate of drug-likeness (QED) is 0.912. The van der Waals surface area contributed by atoms with Crippen molar-refractivity contribution in [3.8, 4) is 0 Å². The SMILES string of the molecule is CCCC(N)c1c(C(C)(C)C)nc2cc(C)ccn12. The first-order valence-electron chi connectivity index (χ1n) is 7.09. The molecule has 0 spiro atoms. The van der Waals surface area contributed by atoms with Crippen molar-refractivity contribution in [1.29, 1.82) is 0 Å². The van der Waals surface area contributed by atoms with Crippen molar-refractivity contribution >= 4 is 5.65 Å². The smallest absolute Gasteiger partial charge is 0.137 e. The fourth-order valence-corrected chi connectivity index (χ4v) is 2.52. The van der Waals surface area contributed by atoms with Crippen LogP contribution in [0.5, 0.6) is 0 Å². The van der Waals surface area contributed by atoms with Crippen LogP contribution >= 0.6 is 0 Å². The van der Waals surface area contributed by atoms with Crippen molar-refractivity contribution in [2.45, 2.75) is 58.9 Å². The van der Waals surface area contributed by atoms with Gasteiger partial charge in [0, 0.05) is 17.7 Å². The van der Waals surface area contributed by atoms with Crippen LogP contribution in [0.4, 0.5) is 0 Å². The van der Waals surface area contributed by atoms with Crippen molar-refractivity contribution in [3.63, 3.8) is 0 Å². The number of aromatic nitrogens is 2. The van der Waals surface area contributed by atoms with Gasteiger partial charge >= 0.3 is 0 Å². The number of rotatable bonds is 3. The van der Waals surface area contributed by atoms with Gasteiger partial charge in [0.25, 0.3) is 0 Å². The molecule has 1 unspecified atom stereocenters. The van der Waals surface area contributed by atoms with Gasteiger partial charge in [-0.3, -0.25) is 0 Å². The second kappa shape index (κ2) is 4.97. The summed E-state index contributed by atoms with van der Waals surface area (Å²) < 4.78 is 2.16. The topological polar surface area (TPSA) is 43.3 Å². The summed E-state index contributed by atoms with van der Waals surface area (Å²) in [6, 6.07) is 4.29. The van der Waals surface area contributed by atoms with E-state index in [9.17, 15) is 0 Å². The molecule has 3 nitrogen and oxygen atoms in total. The Bertz CT molecular complexity index is 575. The second-order valence-electron chi connectivity index (χ2n) is 6.42. The Morgan fingerprint density at radius 1 is 1.37 bits per heavy atom. The highest BCUT2D eigenvalue weighted by Crippen LogP contribution is 2.31. The van der Waals surface area contributed by atoms with E-state index in [1.807, 2.05) is 0 Å². The molecule has 2 aromatic heterocycles. The molecular formula is C16H25N3. The Morgan fingerprint density at radius 3 is 2.63 bits per heavy atom. The lowest BCUT2D eigenvalue weighted by molar-refractivity contribution is 0.536. The average molecular weight is 259 g/mol. The number of hydrogen-bond acceptors (Lipinski definition) is 2. The lowest BCUT2D eigenvalue weighted by Gasteiger charge is -2.21. The third-order valence-corrected chi connectivity index (χ3v) is 3.48. The zero-order chi connectivity index (χ0) is 14.2. The Kier molecular flexibility index (Phi) is 3.68. The summed E-state index contributed by atoms with van der Waals surface area (Å²) in [7, 11) is 0. The summed E-state index contributed by atoms with van der Waals surface area (Å²) in [6.07, 6.45) is 4.17. The van der Waals surface area contributed by atoms with Gasteiger partial charge in [-0.2, -0.15) is 0 Å². The molecule has 2 rings (SSSR count). The summed E-state index contributed by atoms with van der Waals surface area (Å²) in [5.74, 6) is 0. The molecule has 0 amide bonds. The third kappa shape index (κ3) is 2.66. The Balaban J connectivity index is 2.68. The van der Waals surface area contributed by atoms with E-state index in [1.165, 1.54) is 11.3 Å². The first-order valence-corrected chi connectivity index (χ1v) is 7.09. The highest BCUT2D eigenvalue weighted by molar-refractivity contribution is 5.47. The molecule has 0 aromatic carbocycles. The minimum Gasteiger partial charge on any atom is -0.323 e. The van der Waals surface area contributed by atoms with Gasteiger partial charge in [-0.05, 0) is 31.0 Å². The van der Waals surface area contributed by atoms with E-state index in [1.54, 1.807) is 0 Å². The van der Waals surface area contributed by atoms with Gasteiger partial charge in [0.1, 0.15) is 5.65 Å². The number of nitrogens with two attached hydrogens (primary N) is 1. The summed E-state index contributed by atoms with van der Waals surface area (Å²) in [5.41, 5.74) is 10.9. The van der Waals surface area contributed by atoms with Crippen LogP contribution in [0.1, 0.15) is 63.5 Å². The standard InChI is InChI=1S/C16H25N3/c1-6-7-12(17)14-15(16(3,4)5)18-13-10-11(2)8-9-19(13)14/h8-10,12H,6-7,17H2,1-5H3. The molecule has 0 radical (unpaired) electrons. The summed E-state index contributed by atoms with van der Waals surface area (Å²) in [6.45, 7) is 10.9. The number of aryl methyl sites for hydroxylation is 1. The number of pyridine rings is 1. The molecule has 0 saturated heterocycles. The van der Waals surface area contributed by atoms with Gasteiger partial charge in [0.05, 0.1) is 11.4 Å². The van der Waals surface area contributed by atoms with Gasteiger partial charge in [-0.1, -0.05) is 34.1 Å². The van der Waals surface area contributed by atoms with Crippen molar-refractivity contribution in [2.75, 3.05) is 0 Å². The molecule has 0 aliphatic rings. The van der Waals surface area contributed by atoms with E-state index in [2.05, 4.69) is 57.3 Å². The van der Waals surface area contributed by atoms with E-state index in [0.717, 1.165) is 24.2 Å². The Labute approximate surface area is 115 Å². The van der Waals surface area contributed by atoms with Crippen LogP contribution in [0.2, 0.25) is 0 Å². The predicted octanol–water partition coefficient (Wildman–Crippen LogP) is 3.74. The monoisotopic (exact) mass is 259 g/mol. The van der Waals surface area contributed by atoms with Crippen molar-refractivity contribution in [3.05, 3.63) is 35.3 Å². The van der Waals surface area contributed by atoms with Gasteiger partial charge in [0.15, 0.2) is 0 Å². The highest BCUT2D eigenvalue weighted by atomic mass is 15.0. The van der Waals surface area contributed by atoms with Gasteiger partial charge in [0.2, 0.25) is 0 Å². The molecule has 19 heavy (non-hydrogen) atoms. The number of hydrogen-bond donors (Lipinski definition) is 1. The number of fused-ring (bicyclic) bond motifs is 1. The van der Waals surface area contributed by atoms with Crippen LogP contribution in [0, 0.1) is 6.92 Å². The zero-order valence-corrected chi connectivity index (χ0v) is 12.7. The molecule has 104 valence electrons. The van der Waals surface area contributed by atoms with E-state index in [0.29, 0.717) is 0 Å². The molecule has 3 heteroatoms. The predicted molar refractivity (Wildman–Crippen MR) is 80.5 cm³/mol. The normalized spacial score (nSPS) is 14.0. The van der Waals surface area contributed by atoms with E-state index in [-0.39, 0.29) is 11.5 Å². The Hall–Kier alpha value is -1.35. The van der Waals surface area contributed by atoms with Crippen LogP contribution in [0.3, 0.4) is 0 Å². The molecule has 0 aliphatic carbocycles. The van der Waals surface area contributed by atoms with Crippen molar-refractivity contribution in [2.24, 2.45) is 5.73 Å².